The summed E-state index contributed by atoms with van der Waals surface area (Å²) in [4.78, 5) is 12.3. The molecule has 0 aromatic carbocycles. The standard InChI is InChI=1S/C11H21N5O3/c1-4-12-9-14-10(13-6-8(17)7-18-3)16-11(15-9)19-5-2/h8,17H,4-7H2,1-3H3,(H2,12,13,14,15,16). The monoisotopic (exact) mass is 271 g/mol. The lowest BCUT2D eigenvalue weighted by Gasteiger charge is -2.12. The predicted molar refractivity (Wildman–Crippen MR) is 71.5 cm³/mol. The Balaban J connectivity index is 2.69. The van der Waals surface area contributed by atoms with Crippen molar-refractivity contribution < 1.29 is 14.6 Å². The van der Waals surface area contributed by atoms with Crippen LogP contribution in [-0.2, 0) is 4.74 Å². The fraction of sp³-hybridized carbons (Fsp3) is 0.727. The number of anilines is 2. The summed E-state index contributed by atoms with van der Waals surface area (Å²) >= 11 is 0. The molecular weight excluding hydrogens is 250 g/mol. The molecule has 8 nitrogen and oxygen atoms in total. The van der Waals surface area contributed by atoms with Gasteiger partial charge in [-0.05, 0) is 13.8 Å². The number of aromatic nitrogens is 3. The van der Waals surface area contributed by atoms with Gasteiger partial charge in [0.2, 0.25) is 11.9 Å². The van der Waals surface area contributed by atoms with Gasteiger partial charge >= 0.3 is 6.01 Å². The minimum Gasteiger partial charge on any atom is -0.464 e. The fourth-order valence-electron chi connectivity index (χ4n) is 1.33. The fourth-order valence-corrected chi connectivity index (χ4v) is 1.33. The summed E-state index contributed by atoms with van der Waals surface area (Å²) in [6.07, 6.45) is -0.625. The highest BCUT2D eigenvalue weighted by Gasteiger charge is 2.09. The van der Waals surface area contributed by atoms with Crippen LogP contribution in [0.15, 0.2) is 0 Å². The average Bonchev–Trinajstić information content (AvgIpc) is 2.37. The van der Waals surface area contributed by atoms with Crippen molar-refractivity contribution in [3.63, 3.8) is 0 Å². The lowest BCUT2D eigenvalue weighted by molar-refractivity contribution is 0.0726. The number of nitrogens with one attached hydrogen (secondary N) is 2. The Morgan fingerprint density at radius 1 is 1.16 bits per heavy atom. The molecule has 0 aliphatic carbocycles. The van der Waals surface area contributed by atoms with E-state index >= 15 is 0 Å². The molecule has 1 heterocycles. The molecule has 0 aliphatic rings. The summed E-state index contributed by atoms with van der Waals surface area (Å²) in [6, 6.07) is 0.247. The lowest BCUT2D eigenvalue weighted by Crippen LogP contribution is -2.25. The van der Waals surface area contributed by atoms with Crippen LogP contribution in [0, 0.1) is 0 Å². The van der Waals surface area contributed by atoms with Gasteiger partial charge in [0.25, 0.3) is 0 Å². The highest BCUT2D eigenvalue weighted by molar-refractivity contribution is 5.35. The third-order valence-corrected chi connectivity index (χ3v) is 2.08. The van der Waals surface area contributed by atoms with Crippen LogP contribution in [0.5, 0.6) is 6.01 Å². The van der Waals surface area contributed by atoms with Crippen molar-refractivity contribution in [1.29, 1.82) is 0 Å². The molecule has 1 unspecified atom stereocenters. The quantitative estimate of drug-likeness (QED) is 0.582. The maximum atomic E-state index is 9.55. The van der Waals surface area contributed by atoms with Gasteiger partial charge in [-0.2, -0.15) is 15.0 Å². The molecule has 0 aliphatic heterocycles. The van der Waals surface area contributed by atoms with Crippen molar-refractivity contribution >= 4 is 11.9 Å². The maximum absolute atomic E-state index is 9.55. The van der Waals surface area contributed by atoms with Gasteiger partial charge in [-0.15, -0.1) is 0 Å². The zero-order valence-electron chi connectivity index (χ0n) is 11.5. The van der Waals surface area contributed by atoms with E-state index < -0.39 is 6.10 Å². The van der Waals surface area contributed by atoms with Gasteiger partial charge in [-0.3, -0.25) is 0 Å². The van der Waals surface area contributed by atoms with E-state index in [-0.39, 0.29) is 19.2 Å². The molecule has 0 saturated carbocycles. The molecular formula is C11H21N5O3. The molecule has 19 heavy (non-hydrogen) atoms. The van der Waals surface area contributed by atoms with Crippen LogP contribution < -0.4 is 15.4 Å². The van der Waals surface area contributed by atoms with Crippen molar-refractivity contribution in [2.75, 3.05) is 44.0 Å². The van der Waals surface area contributed by atoms with Crippen molar-refractivity contribution in [3.8, 4) is 6.01 Å². The van der Waals surface area contributed by atoms with E-state index in [1.165, 1.54) is 7.11 Å². The summed E-state index contributed by atoms with van der Waals surface area (Å²) < 4.78 is 10.1. The largest absolute Gasteiger partial charge is 0.464 e. The SMILES string of the molecule is CCNc1nc(NCC(O)COC)nc(OCC)n1. The second kappa shape index (κ2) is 8.44. The Bertz CT molecular complexity index is 353. The summed E-state index contributed by atoms with van der Waals surface area (Å²) in [5, 5.41) is 15.5. The summed E-state index contributed by atoms with van der Waals surface area (Å²) in [5.74, 6) is 0.786. The topological polar surface area (TPSA) is 101 Å². The van der Waals surface area contributed by atoms with E-state index in [1.54, 1.807) is 0 Å². The highest BCUT2D eigenvalue weighted by Crippen LogP contribution is 2.11. The molecule has 1 aromatic rings. The van der Waals surface area contributed by atoms with Gasteiger partial charge in [0.1, 0.15) is 0 Å². The first kappa shape index (κ1) is 15.4. The third kappa shape index (κ3) is 5.66. The molecule has 0 bridgehead atoms. The van der Waals surface area contributed by atoms with E-state index in [0.29, 0.717) is 25.0 Å². The predicted octanol–water partition coefficient (Wildman–Crippen LogP) is 0.121. The molecule has 0 saturated heterocycles. The zero-order chi connectivity index (χ0) is 14.1. The Morgan fingerprint density at radius 3 is 2.42 bits per heavy atom. The number of rotatable bonds is 9. The van der Waals surface area contributed by atoms with Gasteiger partial charge in [0.15, 0.2) is 0 Å². The van der Waals surface area contributed by atoms with Crippen molar-refractivity contribution in [2.24, 2.45) is 0 Å². The van der Waals surface area contributed by atoms with Crippen molar-refractivity contribution in [2.45, 2.75) is 20.0 Å². The minimum atomic E-state index is -0.625. The molecule has 8 heteroatoms. The zero-order valence-corrected chi connectivity index (χ0v) is 11.5. The minimum absolute atomic E-state index is 0.246. The molecule has 0 radical (unpaired) electrons. The van der Waals surface area contributed by atoms with Gasteiger partial charge in [-0.1, -0.05) is 0 Å². The molecule has 1 aromatic heterocycles. The van der Waals surface area contributed by atoms with Crippen LogP contribution in [0.1, 0.15) is 13.8 Å². The van der Waals surface area contributed by atoms with E-state index in [4.69, 9.17) is 9.47 Å². The molecule has 0 fully saturated rings. The van der Waals surface area contributed by atoms with Crippen LogP contribution in [0.2, 0.25) is 0 Å². The van der Waals surface area contributed by atoms with Crippen LogP contribution in [0.4, 0.5) is 11.9 Å². The smallest absolute Gasteiger partial charge is 0.323 e. The summed E-state index contributed by atoms with van der Waals surface area (Å²) in [5.41, 5.74) is 0. The number of ether oxygens (including phenoxy) is 2. The number of hydrogen-bond acceptors (Lipinski definition) is 8. The number of aliphatic hydroxyl groups is 1. The maximum Gasteiger partial charge on any atom is 0.323 e. The van der Waals surface area contributed by atoms with E-state index in [1.807, 2.05) is 13.8 Å². The Kier molecular flexibility index (Phi) is 6.83. The number of methoxy groups -OCH3 is 1. The Labute approximate surface area is 112 Å². The first-order chi connectivity index (χ1) is 9.19. The summed E-state index contributed by atoms with van der Waals surface area (Å²) in [6.45, 7) is 5.50. The first-order valence-electron chi connectivity index (χ1n) is 6.23. The van der Waals surface area contributed by atoms with Gasteiger partial charge in [0.05, 0.1) is 19.3 Å². The molecule has 0 spiro atoms. The second-order valence-corrected chi connectivity index (χ2v) is 3.72. The second-order valence-electron chi connectivity index (χ2n) is 3.72. The van der Waals surface area contributed by atoms with Crippen molar-refractivity contribution in [3.05, 3.63) is 0 Å². The van der Waals surface area contributed by atoms with Gasteiger partial charge < -0.3 is 25.2 Å². The first-order valence-corrected chi connectivity index (χ1v) is 6.23. The molecule has 1 atom stereocenters. The lowest BCUT2D eigenvalue weighted by atomic mass is 10.4. The highest BCUT2D eigenvalue weighted by atomic mass is 16.5. The number of hydrogen-bond donors (Lipinski definition) is 3. The summed E-state index contributed by atoms with van der Waals surface area (Å²) in [7, 11) is 1.53. The average molecular weight is 271 g/mol. The van der Waals surface area contributed by atoms with Crippen LogP contribution in [0.3, 0.4) is 0 Å². The van der Waals surface area contributed by atoms with Crippen LogP contribution >= 0.6 is 0 Å². The Hall–Kier alpha value is -1.67. The van der Waals surface area contributed by atoms with E-state index in [2.05, 4.69) is 25.6 Å². The number of nitrogens with zero attached hydrogens (tertiary/aromatic N) is 3. The van der Waals surface area contributed by atoms with Crippen molar-refractivity contribution in [1.82, 2.24) is 15.0 Å². The Morgan fingerprint density at radius 2 is 1.84 bits per heavy atom. The van der Waals surface area contributed by atoms with E-state index in [9.17, 15) is 5.11 Å². The molecule has 0 amide bonds. The third-order valence-electron chi connectivity index (χ3n) is 2.08. The molecule has 3 N–H and O–H groups in total. The molecule has 108 valence electrons. The van der Waals surface area contributed by atoms with Crippen LogP contribution in [0.25, 0.3) is 0 Å². The van der Waals surface area contributed by atoms with Crippen LogP contribution in [-0.4, -0.2) is 59.6 Å². The number of aliphatic hydroxyl groups excluding tert-OH is 1. The molecule has 1 rings (SSSR count). The normalized spacial score (nSPS) is 12.0. The van der Waals surface area contributed by atoms with E-state index in [0.717, 1.165) is 0 Å². The van der Waals surface area contributed by atoms with Gasteiger partial charge in [-0.25, -0.2) is 0 Å². The van der Waals surface area contributed by atoms with Gasteiger partial charge in [0, 0.05) is 20.2 Å².